The number of aromatic nitrogens is 5. The number of nitrogens with one attached hydrogen (secondary N) is 2. The molecule has 0 unspecified atom stereocenters. The van der Waals surface area contributed by atoms with Gasteiger partial charge in [0.05, 0.1) is 5.56 Å². The summed E-state index contributed by atoms with van der Waals surface area (Å²) in [6.07, 6.45) is 0. The van der Waals surface area contributed by atoms with E-state index in [1.165, 1.54) is 0 Å². The summed E-state index contributed by atoms with van der Waals surface area (Å²) in [7, 11) is 0. The van der Waals surface area contributed by atoms with Gasteiger partial charge in [0.1, 0.15) is 0 Å². The van der Waals surface area contributed by atoms with Crippen molar-refractivity contribution in [2.45, 2.75) is 13.8 Å². The first-order chi connectivity index (χ1) is 6.68. The zero-order valence-electron chi connectivity index (χ0n) is 7.83. The standard InChI is InChI=1S/C8H9N5O/c1-4-3-5(2)9-8(14)6(4)7-10-12-13-11-7/h3H,1-2H3,(H,9,14)(H,10,11,12,13). The van der Waals surface area contributed by atoms with Crippen molar-refractivity contribution in [3.63, 3.8) is 0 Å². The van der Waals surface area contributed by atoms with Gasteiger partial charge in [0, 0.05) is 5.69 Å². The largest absolute Gasteiger partial charge is 0.326 e. The highest BCUT2D eigenvalue weighted by atomic mass is 16.1. The van der Waals surface area contributed by atoms with Crippen LogP contribution in [-0.2, 0) is 0 Å². The number of pyridine rings is 1. The van der Waals surface area contributed by atoms with Crippen molar-refractivity contribution in [2.75, 3.05) is 0 Å². The molecule has 72 valence electrons. The van der Waals surface area contributed by atoms with Crippen LogP contribution in [0.15, 0.2) is 10.9 Å². The van der Waals surface area contributed by atoms with Gasteiger partial charge in [-0.05, 0) is 30.7 Å². The number of H-pyrrole nitrogens is 2. The second kappa shape index (κ2) is 3.06. The van der Waals surface area contributed by atoms with Crippen LogP contribution in [0.5, 0.6) is 0 Å². The highest BCUT2D eigenvalue weighted by molar-refractivity contribution is 5.57. The maximum atomic E-state index is 11.6. The van der Waals surface area contributed by atoms with Gasteiger partial charge in [0.2, 0.25) is 5.82 Å². The number of aryl methyl sites for hydroxylation is 2. The van der Waals surface area contributed by atoms with Crippen molar-refractivity contribution in [2.24, 2.45) is 0 Å². The molecule has 2 N–H and O–H groups in total. The smallest absolute Gasteiger partial charge is 0.259 e. The fourth-order valence-electron chi connectivity index (χ4n) is 1.40. The van der Waals surface area contributed by atoms with Gasteiger partial charge < -0.3 is 4.98 Å². The predicted molar refractivity (Wildman–Crippen MR) is 49.7 cm³/mol. The highest BCUT2D eigenvalue weighted by Gasteiger charge is 2.11. The number of hydrogen-bond acceptors (Lipinski definition) is 4. The molecule has 0 bridgehead atoms. The summed E-state index contributed by atoms with van der Waals surface area (Å²) in [6, 6.07) is 1.87. The molecule has 0 spiro atoms. The number of hydrogen-bond donors (Lipinski definition) is 2. The first kappa shape index (κ1) is 8.61. The van der Waals surface area contributed by atoms with Crippen LogP contribution in [0.1, 0.15) is 11.3 Å². The average molecular weight is 191 g/mol. The van der Waals surface area contributed by atoms with E-state index < -0.39 is 0 Å². The van der Waals surface area contributed by atoms with Crippen LogP contribution in [0.4, 0.5) is 0 Å². The fourth-order valence-corrected chi connectivity index (χ4v) is 1.40. The van der Waals surface area contributed by atoms with Crippen LogP contribution in [0.2, 0.25) is 0 Å². The Morgan fingerprint density at radius 3 is 2.71 bits per heavy atom. The van der Waals surface area contributed by atoms with Gasteiger partial charge in [-0.3, -0.25) is 4.79 Å². The molecule has 0 aromatic carbocycles. The van der Waals surface area contributed by atoms with Gasteiger partial charge in [-0.2, -0.15) is 5.21 Å². The molecule has 0 aliphatic heterocycles. The summed E-state index contributed by atoms with van der Waals surface area (Å²) in [4.78, 5) is 14.3. The third kappa shape index (κ3) is 1.30. The van der Waals surface area contributed by atoms with Crippen molar-refractivity contribution in [3.8, 4) is 11.4 Å². The molecule has 2 aromatic rings. The number of tetrazole rings is 1. The van der Waals surface area contributed by atoms with Crippen LogP contribution in [0, 0.1) is 13.8 Å². The molecule has 0 fully saturated rings. The lowest BCUT2D eigenvalue weighted by Crippen LogP contribution is -2.12. The second-order valence-electron chi connectivity index (χ2n) is 3.07. The molecular formula is C8H9N5O. The lowest BCUT2D eigenvalue weighted by Gasteiger charge is -2.00. The van der Waals surface area contributed by atoms with Crippen LogP contribution < -0.4 is 5.56 Å². The maximum absolute atomic E-state index is 11.6. The molecule has 0 atom stereocenters. The molecule has 0 aliphatic carbocycles. The number of nitrogens with zero attached hydrogens (tertiary/aromatic N) is 3. The Kier molecular flexibility index (Phi) is 1.88. The topological polar surface area (TPSA) is 87.3 Å². The normalized spacial score (nSPS) is 10.4. The molecule has 2 heterocycles. The van der Waals surface area contributed by atoms with Crippen molar-refractivity contribution in [1.82, 2.24) is 25.6 Å². The molecule has 0 amide bonds. The van der Waals surface area contributed by atoms with Gasteiger partial charge in [-0.1, -0.05) is 0 Å². The van der Waals surface area contributed by atoms with Crippen LogP contribution in [0.25, 0.3) is 11.4 Å². The Balaban J connectivity index is 2.71. The lowest BCUT2D eigenvalue weighted by molar-refractivity contribution is 0.881. The molecule has 2 rings (SSSR count). The van der Waals surface area contributed by atoms with Crippen LogP contribution >= 0.6 is 0 Å². The maximum Gasteiger partial charge on any atom is 0.259 e. The minimum Gasteiger partial charge on any atom is -0.326 e. The van der Waals surface area contributed by atoms with E-state index >= 15 is 0 Å². The molecule has 0 aliphatic rings. The SMILES string of the molecule is Cc1cc(C)c(-c2nn[nH]n2)c(=O)[nH]1. The fraction of sp³-hybridized carbons (Fsp3) is 0.250. The molecule has 6 nitrogen and oxygen atoms in total. The predicted octanol–water partition coefficient (Wildman–Crippen LogP) is 0.172. The molecule has 6 heteroatoms. The monoisotopic (exact) mass is 191 g/mol. The molecule has 14 heavy (non-hydrogen) atoms. The van der Waals surface area contributed by atoms with E-state index in [9.17, 15) is 4.79 Å². The number of aromatic amines is 2. The van der Waals surface area contributed by atoms with E-state index in [0.717, 1.165) is 11.3 Å². The van der Waals surface area contributed by atoms with Crippen molar-refractivity contribution in [1.29, 1.82) is 0 Å². The van der Waals surface area contributed by atoms with Gasteiger partial charge in [-0.15, -0.1) is 10.2 Å². The summed E-state index contributed by atoms with van der Waals surface area (Å²) >= 11 is 0. The van der Waals surface area contributed by atoms with E-state index in [2.05, 4.69) is 25.6 Å². The first-order valence-corrected chi connectivity index (χ1v) is 4.13. The molecule has 2 aromatic heterocycles. The molecule has 0 saturated carbocycles. The van der Waals surface area contributed by atoms with Crippen molar-refractivity contribution in [3.05, 3.63) is 27.7 Å². The molecular weight excluding hydrogens is 182 g/mol. The molecule has 0 saturated heterocycles. The van der Waals surface area contributed by atoms with E-state index in [1.54, 1.807) is 0 Å². The Labute approximate surface area is 79.4 Å². The summed E-state index contributed by atoms with van der Waals surface area (Å²) in [6.45, 7) is 3.67. The summed E-state index contributed by atoms with van der Waals surface area (Å²) in [5, 5.41) is 13.3. The zero-order chi connectivity index (χ0) is 10.1. The highest BCUT2D eigenvalue weighted by Crippen LogP contribution is 2.12. The first-order valence-electron chi connectivity index (χ1n) is 4.13. The summed E-state index contributed by atoms with van der Waals surface area (Å²) < 4.78 is 0. The Morgan fingerprint density at radius 1 is 1.36 bits per heavy atom. The van der Waals surface area contributed by atoms with Crippen molar-refractivity contribution < 1.29 is 0 Å². The minimum atomic E-state index is -0.191. The third-order valence-electron chi connectivity index (χ3n) is 1.93. The summed E-state index contributed by atoms with van der Waals surface area (Å²) in [5.74, 6) is 0.323. The van der Waals surface area contributed by atoms with E-state index in [4.69, 9.17) is 0 Å². The Bertz CT molecular complexity index is 499. The molecule has 0 radical (unpaired) electrons. The van der Waals surface area contributed by atoms with Gasteiger partial charge >= 0.3 is 0 Å². The van der Waals surface area contributed by atoms with E-state index in [0.29, 0.717) is 11.4 Å². The van der Waals surface area contributed by atoms with E-state index in [-0.39, 0.29) is 5.56 Å². The van der Waals surface area contributed by atoms with Crippen LogP contribution in [0.3, 0.4) is 0 Å². The average Bonchev–Trinajstić information content (AvgIpc) is 2.54. The zero-order valence-corrected chi connectivity index (χ0v) is 7.83. The van der Waals surface area contributed by atoms with Gasteiger partial charge in [0.15, 0.2) is 0 Å². The minimum absolute atomic E-state index is 0.191. The van der Waals surface area contributed by atoms with Gasteiger partial charge in [-0.25, -0.2) is 0 Å². The quantitative estimate of drug-likeness (QED) is 0.672. The van der Waals surface area contributed by atoms with E-state index in [1.807, 2.05) is 19.9 Å². The van der Waals surface area contributed by atoms with Crippen LogP contribution in [-0.4, -0.2) is 25.6 Å². The number of rotatable bonds is 1. The Hall–Kier alpha value is -1.98. The lowest BCUT2D eigenvalue weighted by atomic mass is 10.1. The third-order valence-corrected chi connectivity index (χ3v) is 1.93. The Morgan fingerprint density at radius 2 is 2.14 bits per heavy atom. The second-order valence-corrected chi connectivity index (χ2v) is 3.07. The summed E-state index contributed by atoms with van der Waals surface area (Å²) in [5.41, 5.74) is 1.93. The van der Waals surface area contributed by atoms with Gasteiger partial charge in [0.25, 0.3) is 5.56 Å². The van der Waals surface area contributed by atoms with Crippen molar-refractivity contribution >= 4 is 0 Å².